The third-order valence-corrected chi connectivity index (χ3v) is 5.32. The van der Waals surface area contributed by atoms with E-state index in [2.05, 4.69) is 54.9 Å². The molecule has 0 radical (unpaired) electrons. The van der Waals surface area contributed by atoms with Gasteiger partial charge in [-0.05, 0) is 43.7 Å². The smallest absolute Gasteiger partial charge is 0.123 e. The summed E-state index contributed by atoms with van der Waals surface area (Å²) >= 11 is 0. The van der Waals surface area contributed by atoms with E-state index in [1.807, 2.05) is 0 Å². The van der Waals surface area contributed by atoms with Gasteiger partial charge in [0.2, 0.25) is 0 Å². The Bertz CT molecular complexity index is 602. The van der Waals surface area contributed by atoms with E-state index in [-0.39, 0.29) is 0 Å². The Kier molecular flexibility index (Phi) is 4.29. The quantitative estimate of drug-likeness (QED) is 0.901. The molecule has 0 aliphatic heterocycles. The summed E-state index contributed by atoms with van der Waals surface area (Å²) in [7, 11) is 0. The monoisotopic (exact) mass is 285 g/mol. The molecule has 1 aromatic carbocycles. The fraction of sp³-hybridized carbons (Fsp3) is 0.611. The molecule has 0 spiro atoms. The summed E-state index contributed by atoms with van der Waals surface area (Å²) in [6.07, 6.45) is 4.00. The first-order valence-corrected chi connectivity index (χ1v) is 8.42. The minimum Gasteiger partial charge on any atom is -0.327 e. The predicted octanol–water partition coefficient (Wildman–Crippen LogP) is 3.97. The van der Waals surface area contributed by atoms with E-state index in [4.69, 9.17) is 4.98 Å². The van der Waals surface area contributed by atoms with E-state index >= 15 is 0 Å². The lowest BCUT2D eigenvalue weighted by molar-refractivity contribution is 0.341. The summed E-state index contributed by atoms with van der Waals surface area (Å²) in [6, 6.07) is 9.09. The van der Waals surface area contributed by atoms with Gasteiger partial charge in [0.15, 0.2) is 0 Å². The van der Waals surface area contributed by atoms with Crippen LogP contribution in [0.5, 0.6) is 0 Å². The third kappa shape index (κ3) is 2.71. The third-order valence-electron chi connectivity index (χ3n) is 5.32. The molecule has 0 amide bonds. The fourth-order valence-electron chi connectivity index (χ4n) is 3.95. The van der Waals surface area contributed by atoms with Crippen LogP contribution in [0.4, 0.5) is 0 Å². The van der Waals surface area contributed by atoms with Crippen LogP contribution >= 0.6 is 0 Å². The van der Waals surface area contributed by atoms with Crippen molar-refractivity contribution < 1.29 is 0 Å². The number of hydrogen-bond donors (Lipinski definition) is 1. The van der Waals surface area contributed by atoms with Crippen molar-refractivity contribution in [2.75, 3.05) is 0 Å². The molecule has 3 nitrogen and oxygen atoms in total. The molecule has 1 N–H and O–H groups in total. The van der Waals surface area contributed by atoms with Crippen LogP contribution in [0, 0.1) is 11.8 Å². The van der Waals surface area contributed by atoms with E-state index in [1.54, 1.807) is 0 Å². The van der Waals surface area contributed by atoms with Crippen molar-refractivity contribution in [1.82, 2.24) is 14.9 Å². The first kappa shape index (κ1) is 14.6. The van der Waals surface area contributed by atoms with Crippen LogP contribution < -0.4 is 5.32 Å². The number of benzene rings is 1. The molecule has 3 unspecified atom stereocenters. The molecule has 0 saturated heterocycles. The minimum atomic E-state index is 0.653. The van der Waals surface area contributed by atoms with Crippen LogP contribution in [0.15, 0.2) is 24.3 Å². The number of aryl methyl sites for hydroxylation is 1. The largest absolute Gasteiger partial charge is 0.327 e. The summed E-state index contributed by atoms with van der Waals surface area (Å²) in [6.45, 7) is 8.79. The standard InChI is InChI=1S/C18H27N3/c1-4-14-10-11-15(13(14)3)19-12-18-20-16-8-6-7-9-17(16)21(18)5-2/h6-9,13-15,19H,4-5,10-12H2,1-3H3. The Morgan fingerprint density at radius 3 is 2.76 bits per heavy atom. The Hall–Kier alpha value is -1.35. The molecule has 21 heavy (non-hydrogen) atoms. The average Bonchev–Trinajstić information content (AvgIpc) is 3.04. The lowest BCUT2D eigenvalue weighted by atomic mass is 9.93. The van der Waals surface area contributed by atoms with Gasteiger partial charge in [0.1, 0.15) is 5.82 Å². The molecular formula is C18H27N3. The normalized spacial score (nSPS) is 25.8. The maximum Gasteiger partial charge on any atom is 0.123 e. The lowest BCUT2D eigenvalue weighted by Gasteiger charge is -2.21. The molecule has 1 fully saturated rings. The van der Waals surface area contributed by atoms with E-state index < -0.39 is 0 Å². The SMILES string of the molecule is CCC1CCC(NCc2nc3ccccc3n2CC)C1C. The number of fused-ring (bicyclic) bond motifs is 1. The van der Waals surface area contributed by atoms with Gasteiger partial charge in [0, 0.05) is 12.6 Å². The van der Waals surface area contributed by atoms with Gasteiger partial charge in [-0.15, -0.1) is 0 Å². The summed E-state index contributed by atoms with van der Waals surface area (Å²) in [4.78, 5) is 4.81. The van der Waals surface area contributed by atoms with Crippen molar-refractivity contribution in [2.24, 2.45) is 11.8 Å². The summed E-state index contributed by atoms with van der Waals surface area (Å²) in [5.74, 6) is 2.85. The van der Waals surface area contributed by atoms with Gasteiger partial charge in [0.05, 0.1) is 17.6 Å². The molecule has 3 rings (SSSR count). The topological polar surface area (TPSA) is 29.9 Å². The van der Waals surface area contributed by atoms with Gasteiger partial charge in [-0.1, -0.05) is 32.4 Å². The van der Waals surface area contributed by atoms with Crippen molar-refractivity contribution in [3.8, 4) is 0 Å². The van der Waals surface area contributed by atoms with Gasteiger partial charge >= 0.3 is 0 Å². The first-order chi connectivity index (χ1) is 10.2. The van der Waals surface area contributed by atoms with Gasteiger partial charge in [0.25, 0.3) is 0 Å². The highest BCUT2D eigenvalue weighted by atomic mass is 15.1. The molecule has 3 atom stereocenters. The number of aromatic nitrogens is 2. The zero-order valence-electron chi connectivity index (χ0n) is 13.5. The van der Waals surface area contributed by atoms with Crippen LogP contribution in [0.1, 0.15) is 45.9 Å². The Labute approximate surface area is 127 Å². The lowest BCUT2D eigenvalue weighted by Crippen LogP contribution is -2.33. The minimum absolute atomic E-state index is 0.653. The van der Waals surface area contributed by atoms with Crippen LogP contribution in [-0.4, -0.2) is 15.6 Å². The van der Waals surface area contributed by atoms with Gasteiger partial charge in [-0.3, -0.25) is 0 Å². The molecule has 1 aliphatic rings. The zero-order valence-corrected chi connectivity index (χ0v) is 13.5. The fourth-order valence-corrected chi connectivity index (χ4v) is 3.95. The Morgan fingerprint density at radius 1 is 1.24 bits per heavy atom. The molecule has 2 aromatic rings. The summed E-state index contributed by atoms with van der Waals surface area (Å²) in [5, 5.41) is 3.76. The number of rotatable bonds is 5. The van der Waals surface area contributed by atoms with Gasteiger partial charge < -0.3 is 9.88 Å². The highest BCUT2D eigenvalue weighted by Crippen LogP contribution is 2.34. The second-order valence-electron chi connectivity index (χ2n) is 6.35. The molecule has 1 saturated carbocycles. The van der Waals surface area contributed by atoms with Crippen molar-refractivity contribution in [3.05, 3.63) is 30.1 Å². The Morgan fingerprint density at radius 2 is 2.05 bits per heavy atom. The molecule has 1 aliphatic carbocycles. The van der Waals surface area contributed by atoms with Crippen molar-refractivity contribution in [3.63, 3.8) is 0 Å². The first-order valence-electron chi connectivity index (χ1n) is 8.42. The Balaban J connectivity index is 1.74. The molecule has 0 bridgehead atoms. The van der Waals surface area contributed by atoms with Crippen molar-refractivity contribution in [2.45, 2.75) is 59.2 Å². The van der Waals surface area contributed by atoms with E-state index in [1.165, 1.54) is 30.6 Å². The number of para-hydroxylation sites is 2. The maximum absolute atomic E-state index is 4.81. The molecule has 114 valence electrons. The average molecular weight is 285 g/mol. The van der Waals surface area contributed by atoms with E-state index in [0.717, 1.165) is 30.4 Å². The van der Waals surface area contributed by atoms with Crippen LogP contribution in [0.2, 0.25) is 0 Å². The molecule has 1 aromatic heterocycles. The molecule has 1 heterocycles. The number of hydrogen-bond acceptors (Lipinski definition) is 2. The van der Waals surface area contributed by atoms with E-state index in [9.17, 15) is 0 Å². The summed E-state index contributed by atoms with van der Waals surface area (Å²) < 4.78 is 2.33. The number of imidazole rings is 1. The predicted molar refractivity (Wildman–Crippen MR) is 88.2 cm³/mol. The maximum atomic E-state index is 4.81. The van der Waals surface area contributed by atoms with Crippen LogP contribution in [0.3, 0.4) is 0 Å². The van der Waals surface area contributed by atoms with Crippen LogP contribution in [-0.2, 0) is 13.1 Å². The summed E-state index contributed by atoms with van der Waals surface area (Å²) in [5.41, 5.74) is 2.37. The highest BCUT2D eigenvalue weighted by Gasteiger charge is 2.31. The van der Waals surface area contributed by atoms with Gasteiger partial charge in [-0.2, -0.15) is 0 Å². The van der Waals surface area contributed by atoms with E-state index in [0.29, 0.717) is 6.04 Å². The second kappa shape index (κ2) is 6.18. The second-order valence-corrected chi connectivity index (χ2v) is 6.35. The van der Waals surface area contributed by atoms with Crippen molar-refractivity contribution in [1.29, 1.82) is 0 Å². The van der Waals surface area contributed by atoms with Crippen molar-refractivity contribution >= 4 is 11.0 Å². The molecular weight excluding hydrogens is 258 g/mol. The highest BCUT2D eigenvalue weighted by molar-refractivity contribution is 5.75. The number of nitrogens with one attached hydrogen (secondary N) is 1. The van der Waals surface area contributed by atoms with Crippen LogP contribution in [0.25, 0.3) is 11.0 Å². The van der Waals surface area contributed by atoms with Gasteiger partial charge in [-0.25, -0.2) is 4.98 Å². The molecule has 3 heteroatoms. The zero-order chi connectivity index (χ0) is 14.8. The number of nitrogens with zero attached hydrogens (tertiary/aromatic N) is 2.